The Morgan fingerprint density at radius 2 is 2.21 bits per heavy atom. The zero-order valence-corrected chi connectivity index (χ0v) is 7.92. The van der Waals surface area contributed by atoms with E-state index in [9.17, 15) is 7.77 Å². The molecule has 3 rings (SSSR count). The third-order valence-electron chi connectivity index (χ3n) is 2.25. The van der Waals surface area contributed by atoms with Crippen molar-refractivity contribution in [1.82, 2.24) is 3.97 Å². The maximum Gasteiger partial charge on any atom is 0.387 e. The van der Waals surface area contributed by atoms with Crippen molar-refractivity contribution >= 4 is 23.5 Å². The second kappa shape index (κ2) is 2.36. The summed E-state index contributed by atoms with van der Waals surface area (Å²) in [5.74, 6) is 0. The molecule has 2 nitrogen and oxygen atoms in total. The van der Waals surface area contributed by atoms with Crippen LogP contribution in [0.3, 0.4) is 0 Å². The van der Waals surface area contributed by atoms with Gasteiger partial charge in [-0.2, -0.15) is 0 Å². The summed E-state index contributed by atoms with van der Waals surface area (Å²) in [6.45, 7) is 0. The van der Waals surface area contributed by atoms with Gasteiger partial charge in [-0.25, -0.2) is 3.97 Å². The smallest absolute Gasteiger partial charge is 0.209 e. The molecule has 0 atom stereocenters. The lowest BCUT2D eigenvalue weighted by atomic mass is 10.3. The first-order chi connectivity index (χ1) is 6.69. The molecular weight excluding hydrogens is 206 g/mol. The van der Waals surface area contributed by atoms with E-state index in [4.69, 9.17) is 0 Å². The Labute approximate surface area is 81.6 Å². The summed E-state index contributed by atoms with van der Waals surface area (Å²) in [6.07, 6.45) is 7.93. The van der Waals surface area contributed by atoms with Crippen LogP contribution in [0.5, 0.6) is 0 Å². The van der Waals surface area contributed by atoms with Crippen molar-refractivity contribution in [3.8, 4) is 0 Å². The van der Waals surface area contributed by atoms with E-state index in [2.05, 4.69) is 0 Å². The maximum atomic E-state index is 13.8. The van der Waals surface area contributed by atoms with E-state index >= 15 is 0 Å². The number of aromatic nitrogens is 1. The molecule has 0 saturated heterocycles. The van der Waals surface area contributed by atoms with E-state index in [1.165, 1.54) is 12.4 Å². The largest absolute Gasteiger partial charge is 0.387 e. The number of hydrogen-bond donors (Lipinski definition) is 0. The molecule has 3 heterocycles. The number of rotatable bonds is 0. The normalized spacial score (nSPS) is 23.6. The van der Waals surface area contributed by atoms with E-state index in [1.54, 1.807) is 30.4 Å². The second-order valence-corrected chi connectivity index (χ2v) is 4.70. The molecule has 0 bridgehead atoms. The molecule has 0 unspecified atom stereocenters. The van der Waals surface area contributed by atoms with Gasteiger partial charge in [0.05, 0.1) is 5.69 Å². The van der Waals surface area contributed by atoms with Gasteiger partial charge in [-0.3, -0.25) is 0 Å². The summed E-state index contributed by atoms with van der Waals surface area (Å²) in [6, 6.07) is 3.33. The predicted octanol–water partition coefficient (Wildman–Crippen LogP) is 2.75. The molecule has 0 radical (unpaired) electrons. The van der Waals surface area contributed by atoms with Gasteiger partial charge in [-0.1, -0.05) is 11.8 Å². The van der Waals surface area contributed by atoms with Crippen molar-refractivity contribution < 1.29 is 11.8 Å². The molecule has 0 amide bonds. The summed E-state index contributed by atoms with van der Waals surface area (Å²) >= 11 is -3.91. The van der Waals surface area contributed by atoms with E-state index in [0.29, 0.717) is 11.4 Å². The van der Waals surface area contributed by atoms with Gasteiger partial charge >= 0.3 is 11.2 Å². The first-order valence-corrected chi connectivity index (χ1v) is 5.47. The van der Waals surface area contributed by atoms with Crippen LogP contribution in [0.15, 0.2) is 36.2 Å². The van der Waals surface area contributed by atoms with Crippen molar-refractivity contribution in [2.75, 3.05) is 0 Å². The van der Waals surface area contributed by atoms with Crippen LogP contribution in [0.25, 0.3) is 6.08 Å². The summed E-state index contributed by atoms with van der Waals surface area (Å²) in [5, 5.41) is 0. The molecule has 5 heteroatoms. The summed E-state index contributed by atoms with van der Waals surface area (Å²) < 4.78 is 29.8. The molecular formula is C9H7F2N2S+. The van der Waals surface area contributed by atoms with Crippen LogP contribution >= 0.6 is 11.2 Å². The third-order valence-corrected chi connectivity index (χ3v) is 3.87. The second-order valence-electron chi connectivity index (χ2n) is 3.08. The van der Waals surface area contributed by atoms with Crippen LogP contribution in [-0.4, -0.2) is 14.2 Å². The zero-order chi connectivity index (χ0) is 9.76. The molecule has 0 saturated carbocycles. The average molecular weight is 213 g/mol. The number of nitrogens with zero attached hydrogens (tertiary/aromatic N) is 2. The van der Waals surface area contributed by atoms with E-state index < -0.39 is 11.2 Å². The average Bonchev–Trinajstić information content (AvgIpc) is 2.71. The van der Waals surface area contributed by atoms with Gasteiger partial charge in [0.25, 0.3) is 0 Å². The van der Waals surface area contributed by atoms with Gasteiger partial charge < -0.3 is 0 Å². The van der Waals surface area contributed by atoms with Gasteiger partial charge in [0, 0.05) is 24.4 Å². The van der Waals surface area contributed by atoms with Crippen LogP contribution in [0.4, 0.5) is 7.77 Å². The molecule has 1 aromatic heterocycles. The lowest BCUT2D eigenvalue weighted by Crippen LogP contribution is -2.19. The lowest BCUT2D eigenvalue weighted by molar-refractivity contribution is -0.295. The molecule has 72 valence electrons. The quantitative estimate of drug-likeness (QED) is 0.585. The summed E-state index contributed by atoms with van der Waals surface area (Å²) in [4.78, 5) is 0. The van der Waals surface area contributed by atoms with Gasteiger partial charge in [-0.05, 0) is 12.1 Å². The van der Waals surface area contributed by atoms with Crippen LogP contribution in [0.2, 0.25) is 0 Å². The van der Waals surface area contributed by atoms with Crippen molar-refractivity contribution in [2.24, 2.45) is 0 Å². The SMILES string of the molecule is FS1(F)n2cccc2C=C2C=CC=[N+]21. The topological polar surface area (TPSA) is 7.94 Å². The molecule has 0 aromatic carbocycles. The Bertz CT molecular complexity index is 497. The van der Waals surface area contributed by atoms with Crippen molar-refractivity contribution in [3.63, 3.8) is 0 Å². The van der Waals surface area contributed by atoms with Gasteiger partial charge in [0.15, 0.2) is 6.21 Å². The summed E-state index contributed by atoms with van der Waals surface area (Å²) in [7, 11) is 0. The first-order valence-electron chi connectivity index (χ1n) is 4.13. The predicted molar refractivity (Wildman–Crippen MR) is 53.1 cm³/mol. The fourth-order valence-electron chi connectivity index (χ4n) is 1.63. The lowest BCUT2D eigenvalue weighted by Gasteiger charge is -2.22. The molecule has 2 aliphatic rings. The Hall–Kier alpha value is -1.36. The minimum Gasteiger partial charge on any atom is -0.209 e. The van der Waals surface area contributed by atoms with Gasteiger partial charge in [0.1, 0.15) is 0 Å². The Morgan fingerprint density at radius 1 is 1.36 bits per heavy atom. The highest BCUT2D eigenvalue weighted by atomic mass is 32.3. The van der Waals surface area contributed by atoms with Crippen molar-refractivity contribution in [2.45, 2.75) is 0 Å². The van der Waals surface area contributed by atoms with Crippen LogP contribution in [-0.2, 0) is 0 Å². The monoisotopic (exact) mass is 213 g/mol. The van der Waals surface area contributed by atoms with Crippen molar-refractivity contribution in [3.05, 3.63) is 41.9 Å². The number of allylic oxidation sites excluding steroid dienone is 2. The standard InChI is InChI=1S/C9H7F2N2S/c10-14(11)12-5-1-3-8(12)7-9-4-2-6-13(9)14/h1-7H/q+1. The Kier molecular flexibility index (Phi) is 1.35. The van der Waals surface area contributed by atoms with E-state index in [1.807, 2.05) is 0 Å². The fourth-order valence-corrected chi connectivity index (χ4v) is 2.99. The minimum absolute atomic E-state index is 0.566. The zero-order valence-electron chi connectivity index (χ0n) is 7.10. The number of halogens is 2. The molecule has 0 fully saturated rings. The van der Waals surface area contributed by atoms with E-state index in [-0.39, 0.29) is 0 Å². The highest BCUT2D eigenvalue weighted by Crippen LogP contribution is 2.58. The Morgan fingerprint density at radius 3 is 3.07 bits per heavy atom. The molecule has 0 N–H and O–H groups in total. The Balaban J connectivity index is 2.32. The van der Waals surface area contributed by atoms with Gasteiger partial charge in [-0.15, -0.1) is 0 Å². The molecule has 0 spiro atoms. The van der Waals surface area contributed by atoms with Crippen LogP contribution in [0.1, 0.15) is 5.69 Å². The maximum absolute atomic E-state index is 13.8. The van der Waals surface area contributed by atoms with Crippen molar-refractivity contribution in [1.29, 1.82) is 0 Å². The van der Waals surface area contributed by atoms with Crippen LogP contribution in [0, 0.1) is 0 Å². The fraction of sp³-hybridized carbons (Fsp3) is 0. The van der Waals surface area contributed by atoms with E-state index in [0.717, 1.165) is 7.95 Å². The summed E-state index contributed by atoms with van der Waals surface area (Å²) in [5.41, 5.74) is 1.13. The highest BCUT2D eigenvalue weighted by Gasteiger charge is 2.45. The number of hydrogen-bond acceptors (Lipinski definition) is 0. The van der Waals surface area contributed by atoms with Gasteiger partial charge in [0.2, 0.25) is 5.70 Å². The molecule has 0 aliphatic carbocycles. The van der Waals surface area contributed by atoms with Crippen LogP contribution < -0.4 is 0 Å². The number of fused-ring (bicyclic) bond motifs is 2. The minimum atomic E-state index is -3.91. The first kappa shape index (κ1) is 7.99. The third kappa shape index (κ3) is 0.824. The molecule has 14 heavy (non-hydrogen) atoms. The molecule has 2 aliphatic heterocycles. The highest BCUT2D eigenvalue weighted by molar-refractivity contribution is 8.18. The molecule has 1 aromatic rings.